The van der Waals surface area contributed by atoms with E-state index in [1.807, 2.05) is 0 Å². The molecule has 0 aromatic heterocycles. The SMILES string of the molecule is Cc1cc(C)cc(C2=CC3(C)N(c4c(C)cccc4C(C)(C)C3(C)C)C2C)c1. The number of hydrogen-bond donors (Lipinski definition) is 0. The zero-order chi connectivity index (χ0) is 20.6. The van der Waals surface area contributed by atoms with Gasteiger partial charge in [-0.05, 0) is 62.3 Å². The Kier molecular flexibility index (Phi) is 3.96. The molecule has 0 N–H and O–H groups in total. The van der Waals surface area contributed by atoms with Crippen molar-refractivity contribution in [3.05, 3.63) is 70.3 Å². The zero-order valence-corrected chi connectivity index (χ0v) is 19.1. The fourth-order valence-electron chi connectivity index (χ4n) is 5.86. The lowest BCUT2D eigenvalue weighted by atomic mass is 9.52. The topological polar surface area (TPSA) is 3.24 Å². The van der Waals surface area contributed by atoms with Gasteiger partial charge in [0.1, 0.15) is 0 Å². The average molecular weight is 374 g/mol. The molecular weight excluding hydrogens is 338 g/mol. The van der Waals surface area contributed by atoms with E-state index in [0.29, 0.717) is 6.04 Å². The van der Waals surface area contributed by atoms with Crippen molar-refractivity contribution >= 4 is 11.3 Å². The maximum atomic E-state index is 2.72. The second-order valence-corrected chi connectivity index (χ2v) is 10.4. The van der Waals surface area contributed by atoms with E-state index in [1.54, 1.807) is 0 Å². The Labute approximate surface area is 171 Å². The number of fused-ring (bicyclic) bond motifs is 3. The summed E-state index contributed by atoms with van der Waals surface area (Å²) in [7, 11) is 0. The Bertz CT molecular complexity index is 971. The highest BCUT2D eigenvalue weighted by Crippen LogP contribution is 2.62. The van der Waals surface area contributed by atoms with Gasteiger partial charge in [-0.3, -0.25) is 0 Å². The molecule has 2 heterocycles. The van der Waals surface area contributed by atoms with Crippen LogP contribution in [0.5, 0.6) is 0 Å². The van der Waals surface area contributed by atoms with Crippen LogP contribution in [0.25, 0.3) is 5.57 Å². The largest absolute Gasteiger partial charge is 0.355 e. The molecule has 2 unspecified atom stereocenters. The smallest absolute Gasteiger partial charge is 0.0628 e. The monoisotopic (exact) mass is 373 g/mol. The molecule has 0 amide bonds. The quantitative estimate of drug-likeness (QED) is 0.521. The third kappa shape index (κ3) is 2.25. The van der Waals surface area contributed by atoms with Crippen LogP contribution < -0.4 is 4.90 Å². The number of hydrogen-bond acceptors (Lipinski definition) is 1. The molecule has 0 radical (unpaired) electrons. The standard InChI is InChI=1S/C27H35N/c1-17-13-18(2)15-21(14-17)22-16-27(9)26(7,8)25(5,6)23-12-10-11-19(3)24(23)28(27)20(22)4/h10-16,20H,1-9H3. The van der Waals surface area contributed by atoms with Crippen LogP contribution in [0.15, 0.2) is 42.5 Å². The molecule has 2 atom stereocenters. The molecule has 0 aliphatic carbocycles. The van der Waals surface area contributed by atoms with Gasteiger partial charge < -0.3 is 4.90 Å². The second-order valence-electron chi connectivity index (χ2n) is 10.4. The van der Waals surface area contributed by atoms with Crippen molar-refractivity contribution in [2.75, 3.05) is 4.90 Å². The summed E-state index contributed by atoms with van der Waals surface area (Å²) < 4.78 is 0. The van der Waals surface area contributed by atoms with Gasteiger partial charge in [0.05, 0.1) is 11.6 Å². The highest BCUT2D eigenvalue weighted by Gasteiger charge is 2.61. The maximum absolute atomic E-state index is 2.72. The number of benzene rings is 2. The van der Waals surface area contributed by atoms with E-state index in [1.165, 1.54) is 39.1 Å². The van der Waals surface area contributed by atoms with E-state index >= 15 is 0 Å². The Morgan fingerprint density at radius 3 is 2.07 bits per heavy atom. The van der Waals surface area contributed by atoms with E-state index in [-0.39, 0.29) is 16.4 Å². The number of anilines is 1. The Morgan fingerprint density at radius 1 is 0.857 bits per heavy atom. The van der Waals surface area contributed by atoms with Crippen LogP contribution in [0.1, 0.15) is 69.4 Å². The fraction of sp³-hybridized carbons (Fsp3) is 0.481. The molecular formula is C27H35N. The summed E-state index contributed by atoms with van der Waals surface area (Å²) in [6.07, 6.45) is 2.59. The van der Waals surface area contributed by atoms with Crippen LogP contribution in [-0.2, 0) is 5.41 Å². The van der Waals surface area contributed by atoms with Gasteiger partial charge in [-0.2, -0.15) is 0 Å². The Balaban J connectivity index is 2.01. The van der Waals surface area contributed by atoms with Gasteiger partial charge in [0, 0.05) is 11.1 Å². The summed E-state index contributed by atoms with van der Waals surface area (Å²) in [4.78, 5) is 2.72. The second kappa shape index (κ2) is 5.75. The number of rotatable bonds is 1. The van der Waals surface area contributed by atoms with Gasteiger partial charge in [-0.15, -0.1) is 0 Å². The predicted octanol–water partition coefficient (Wildman–Crippen LogP) is 6.98. The molecule has 2 aromatic rings. The zero-order valence-electron chi connectivity index (χ0n) is 19.1. The van der Waals surface area contributed by atoms with Crippen molar-refractivity contribution in [3.8, 4) is 0 Å². The lowest BCUT2D eigenvalue weighted by Gasteiger charge is -2.62. The molecule has 2 aromatic carbocycles. The first-order valence-corrected chi connectivity index (χ1v) is 10.6. The van der Waals surface area contributed by atoms with E-state index in [4.69, 9.17) is 0 Å². The molecule has 1 heteroatoms. The molecule has 4 rings (SSSR count). The summed E-state index contributed by atoms with van der Waals surface area (Å²) in [5, 5.41) is 0. The van der Waals surface area contributed by atoms with Crippen molar-refractivity contribution in [2.24, 2.45) is 5.41 Å². The van der Waals surface area contributed by atoms with Gasteiger partial charge in [0.2, 0.25) is 0 Å². The summed E-state index contributed by atoms with van der Waals surface area (Å²) >= 11 is 0. The van der Waals surface area contributed by atoms with Crippen molar-refractivity contribution in [3.63, 3.8) is 0 Å². The average Bonchev–Trinajstić information content (AvgIpc) is 2.86. The minimum atomic E-state index is -0.0397. The Morgan fingerprint density at radius 2 is 1.46 bits per heavy atom. The van der Waals surface area contributed by atoms with Crippen LogP contribution in [0.2, 0.25) is 0 Å². The molecule has 28 heavy (non-hydrogen) atoms. The summed E-state index contributed by atoms with van der Waals surface area (Å²) in [5.74, 6) is 0. The van der Waals surface area contributed by atoms with E-state index in [0.717, 1.165) is 0 Å². The third-order valence-corrected chi connectivity index (χ3v) is 8.31. The lowest BCUT2D eigenvalue weighted by molar-refractivity contribution is 0.0983. The number of para-hydroxylation sites is 1. The van der Waals surface area contributed by atoms with Gasteiger partial charge >= 0.3 is 0 Å². The molecule has 0 saturated heterocycles. The third-order valence-electron chi connectivity index (χ3n) is 8.31. The van der Waals surface area contributed by atoms with Crippen molar-refractivity contribution in [1.82, 2.24) is 0 Å². The van der Waals surface area contributed by atoms with Gasteiger partial charge in [0.15, 0.2) is 0 Å². The number of nitrogens with zero attached hydrogens (tertiary/aromatic N) is 1. The first-order chi connectivity index (χ1) is 12.9. The highest BCUT2D eigenvalue weighted by atomic mass is 15.3. The van der Waals surface area contributed by atoms with Gasteiger partial charge in [0.25, 0.3) is 0 Å². The molecule has 148 valence electrons. The minimum Gasteiger partial charge on any atom is -0.355 e. The van der Waals surface area contributed by atoms with Crippen molar-refractivity contribution in [1.29, 1.82) is 0 Å². The van der Waals surface area contributed by atoms with Crippen LogP contribution in [0.3, 0.4) is 0 Å². The molecule has 0 saturated carbocycles. The summed E-state index contributed by atoms with van der Waals surface area (Å²) in [6, 6.07) is 14.2. The molecule has 0 bridgehead atoms. The fourth-order valence-corrected chi connectivity index (χ4v) is 5.86. The van der Waals surface area contributed by atoms with Crippen LogP contribution in [-0.4, -0.2) is 11.6 Å². The lowest BCUT2D eigenvalue weighted by Crippen LogP contribution is -2.64. The van der Waals surface area contributed by atoms with E-state index in [2.05, 4.69) is 110 Å². The van der Waals surface area contributed by atoms with Crippen LogP contribution in [0, 0.1) is 26.2 Å². The summed E-state index contributed by atoms with van der Waals surface area (Å²) in [6.45, 7) is 21.3. The van der Waals surface area contributed by atoms with Crippen LogP contribution >= 0.6 is 0 Å². The predicted molar refractivity (Wildman–Crippen MR) is 122 cm³/mol. The maximum Gasteiger partial charge on any atom is 0.0628 e. The van der Waals surface area contributed by atoms with Crippen molar-refractivity contribution < 1.29 is 0 Å². The first-order valence-electron chi connectivity index (χ1n) is 10.6. The van der Waals surface area contributed by atoms with Crippen molar-refractivity contribution in [2.45, 2.75) is 79.3 Å². The molecule has 0 fully saturated rings. The Hall–Kier alpha value is -2.02. The van der Waals surface area contributed by atoms with Gasteiger partial charge in [-0.1, -0.05) is 81.3 Å². The van der Waals surface area contributed by atoms with Gasteiger partial charge in [-0.25, -0.2) is 0 Å². The summed E-state index contributed by atoms with van der Waals surface area (Å²) in [5.41, 5.74) is 9.96. The normalized spacial score (nSPS) is 27.2. The van der Waals surface area contributed by atoms with E-state index in [9.17, 15) is 0 Å². The first kappa shape index (κ1) is 19.3. The molecule has 1 nitrogen and oxygen atoms in total. The molecule has 2 aliphatic heterocycles. The molecule has 2 aliphatic rings. The van der Waals surface area contributed by atoms with Crippen LogP contribution in [0.4, 0.5) is 5.69 Å². The van der Waals surface area contributed by atoms with E-state index < -0.39 is 0 Å². The molecule has 0 spiro atoms. The number of aryl methyl sites for hydroxylation is 3. The highest BCUT2D eigenvalue weighted by molar-refractivity contribution is 5.84. The minimum absolute atomic E-state index is 0.0397.